The Morgan fingerprint density at radius 1 is 1.20 bits per heavy atom. The standard InChI is InChI=1S/C20H29NO4/c1-20(2,3)25-19(23)21-18-14-4-5-15(18)11-16-12-17(24-9-8-22)7-6-13(16)10-14/h6-7,12,14-15,18,22H,4-5,8-11H2,1-3H3,(H,21,23). The highest BCUT2D eigenvalue weighted by Crippen LogP contribution is 2.41. The molecule has 0 aliphatic heterocycles. The molecule has 0 heterocycles. The minimum atomic E-state index is -0.476. The molecule has 0 radical (unpaired) electrons. The predicted molar refractivity (Wildman–Crippen MR) is 95.8 cm³/mol. The summed E-state index contributed by atoms with van der Waals surface area (Å²) in [6, 6.07) is 6.37. The molecule has 0 aromatic heterocycles. The first-order chi connectivity index (χ1) is 11.9. The second kappa shape index (κ2) is 7.24. The minimum absolute atomic E-state index is 0.0175. The Balaban J connectivity index is 1.71. The second-order valence-electron chi connectivity index (χ2n) is 8.18. The summed E-state index contributed by atoms with van der Waals surface area (Å²) in [6.45, 7) is 5.99. The van der Waals surface area contributed by atoms with E-state index in [9.17, 15) is 4.79 Å². The third-order valence-corrected chi connectivity index (χ3v) is 5.11. The molecule has 25 heavy (non-hydrogen) atoms. The number of ether oxygens (including phenoxy) is 2. The molecule has 1 aromatic carbocycles. The SMILES string of the molecule is CC(C)(C)OC(=O)NC1C2CCC1Cc1cc(OCCO)ccc1C2. The molecule has 5 nitrogen and oxygen atoms in total. The smallest absolute Gasteiger partial charge is 0.407 e. The van der Waals surface area contributed by atoms with Gasteiger partial charge in [0.25, 0.3) is 0 Å². The fourth-order valence-corrected chi connectivity index (χ4v) is 4.12. The van der Waals surface area contributed by atoms with E-state index in [1.165, 1.54) is 11.1 Å². The number of aliphatic hydroxyl groups excluding tert-OH is 1. The van der Waals surface area contributed by atoms with Crippen LogP contribution in [0.4, 0.5) is 4.79 Å². The van der Waals surface area contributed by atoms with E-state index in [4.69, 9.17) is 14.6 Å². The van der Waals surface area contributed by atoms with Gasteiger partial charge in [-0.15, -0.1) is 0 Å². The number of amides is 1. The normalized spacial score (nSPS) is 25.0. The van der Waals surface area contributed by atoms with Crippen molar-refractivity contribution in [1.29, 1.82) is 0 Å². The van der Waals surface area contributed by atoms with Crippen LogP contribution in [0.15, 0.2) is 18.2 Å². The molecule has 0 saturated heterocycles. The van der Waals surface area contributed by atoms with Gasteiger partial charge in [-0.1, -0.05) is 6.07 Å². The monoisotopic (exact) mass is 347 g/mol. The highest BCUT2D eigenvalue weighted by atomic mass is 16.6. The van der Waals surface area contributed by atoms with Crippen LogP contribution in [0, 0.1) is 11.8 Å². The van der Waals surface area contributed by atoms with Crippen molar-refractivity contribution >= 4 is 6.09 Å². The number of rotatable bonds is 4. The van der Waals surface area contributed by atoms with Gasteiger partial charge in [0.15, 0.2) is 0 Å². The molecule has 5 heteroatoms. The van der Waals surface area contributed by atoms with Gasteiger partial charge in [-0.05, 0) is 81.5 Å². The van der Waals surface area contributed by atoms with Crippen molar-refractivity contribution in [2.75, 3.05) is 13.2 Å². The van der Waals surface area contributed by atoms with Crippen LogP contribution >= 0.6 is 0 Å². The van der Waals surface area contributed by atoms with Gasteiger partial charge < -0.3 is 19.9 Å². The number of carbonyl (C=O) groups is 1. The number of alkyl carbamates (subject to hydrolysis) is 1. The van der Waals surface area contributed by atoms with Crippen LogP contribution in [0.1, 0.15) is 44.7 Å². The maximum Gasteiger partial charge on any atom is 0.407 e. The van der Waals surface area contributed by atoms with Crippen LogP contribution in [0.2, 0.25) is 0 Å². The average molecular weight is 347 g/mol. The molecule has 2 aliphatic carbocycles. The highest BCUT2D eigenvalue weighted by molar-refractivity contribution is 5.68. The molecule has 1 aromatic rings. The lowest BCUT2D eigenvalue weighted by atomic mass is 9.93. The Labute approximate surface area is 149 Å². The lowest BCUT2D eigenvalue weighted by Gasteiger charge is -2.26. The maximum atomic E-state index is 12.2. The van der Waals surface area contributed by atoms with Gasteiger partial charge in [0.1, 0.15) is 18.0 Å². The van der Waals surface area contributed by atoms with E-state index in [2.05, 4.69) is 17.4 Å². The molecular weight excluding hydrogens is 318 g/mol. The quantitative estimate of drug-likeness (QED) is 0.878. The first kappa shape index (κ1) is 18.1. The Bertz CT molecular complexity index is 623. The van der Waals surface area contributed by atoms with Gasteiger partial charge in [-0.25, -0.2) is 4.79 Å². The number of fused-ring (bicyclic) bond motifs is 3. The Kier molecular flexibility index (Phi) is 5.23. The maximum absolute atomic E-state index is 12.2. The first-order valence-electron chi connectivity index (χ1n) is 9.20. The predicted octanol–water partition coefficient (Wildman–Crippen LogP) is 3.08. The third kappa shape index (κ3) is 4.46. The summed E-state index contributed by atoms with van der Waals surface area (Å²) in [5.41, 5.74) is 2.17. The summed E-state index contributed by atoms with van der Waals surface area (Å²) in [5, 5.41) is 12.1. The van der Waals surface area contributed by atoms with E-state index in [0.29, 0.717) is 18.4 Å². The molecule has 1 fully saturated rings. The molecule has 2 bridgehead atoms. The lowest BCUT2D eigenvalue weighted by Crippen LogP contribution is -2.44. The van der Waals surface area contributed by atoms with Gasteiger partial charge in [-0.2, -0.15) is 0 Å². The van der Waals surface area contributed by atoms with E-state index in [0.717, 1.165) is 31.4 Å². The second-order valence-corrected chi connectivity index (χ2v) is 8.18. The van der Waals surface area contributed by atoms with Gasteiger partial charge in [-0.3, -0.25) is 0 Å². The zero-order valence-corrected chi connectivity index (χ0v) is 15.4. The van der Waals surface area contributed by atoms with Crippen LogP contribution in [0.25, 0.3) is 0 Å². The number of benzene rings is 1. The summed E-state index contributed by atoms with van der Waals surface area (Å²) in [6.07, 6.45) is 3.89. The zero-order valence-electron chi connectivity index (χ0n) is 15.4. The highest BCUT2D eigenvalue weighted by Gasteiger charge is 2.40. The fraction of sp³-hybridized carbons (Fsp3) is 0.650. The molecule has 3 rings (SSSR count). The van der Waals surface area contributed by atoms with Crippen LogP contribution in [0.5, 0.6) is 5.75 Å². The molecule has 138 valence electrons. The Morgan fingerprint density at radius 3 is 2.52 bits per heavy atom. The minimum Gasteiger partial charge on any atom is -0.491 e. The van der Waals surface area contributed by atoms with Crippen molar-refractivity contribution in [3.05, 3.63) is 29.3 Å². The molecular formula is C20H29NO4. The third-order valence-electron chi connectivity index (χ3n) is 5.11. The Hall–Kier alpha value is -1.75. The fourth-order valence-electron chi connectivity index (χ4n) is 4.12. The van der Waals surface area contributed by atoms with Crippen LogP contribution in [0.3, 0.4) is 0 Å². The number of hydrogen-bond donors (Lipinski definition) is 2. The lowest BCUT2D eigenvalue weighted by molar-refractivity contribution is 0.0479. The molecule has 2 aliphatic rings. The molecule has 2 N–H and O–H groups in total. The summed E-state index contributed by atoms with van der Waals surface area (Å²) < 4.78 is 11.0. The van der Waals surface area contributed by atoms with Crippen LogP contribution in [-0.4, -0.2) is 36.1 Å². The Morgan fingerprint density at radius 2 is 1.88 bits per heavy atom. The summed E-state index contributed by atoms with van der Waals surface area (Å²) in [5.74, 6) is 1.71. The van der Waals surface area contributed by atoms with E-state index in [-0.39, 0.29) is 18.7 Å². The number of aliphatic hydroxyl groups is 1. The van der Waals surface area contributed by atoms with Crippen LogP contribution < -0.4 is 10.1 Å². The topological polar surface area (TPSA) is 67.8 Å². The van der Waals surface area contributed by atoms with Gasteiger partial charge in [0, 0.05) is 6.04 Å². The number of hydrogen-bond acceptors (Lipinski definition) is 4. The van der Waals surface area contributed by atoms with Crippen molar-refractivity contribution in [3.8, 4) is 5.75 Å². The summed E-state index contributed by atoms with van der Waals surface area (Å²) in [7, 11) is 0. The average Bonchev–Trinajstić information content (AvgIpc) is 2.78. The molecule has 3 unspecified atom stereocenters. The first-order valence-corrected chi connectivity index (χ1v) is 9.20. The van der Waals surface area contributed by atoms with Gasteiger partial charge >= 0.3 is 6.09 Å². The van der Waals surface area contributed by atoms with E-state index < -0.39 is 5.60 Å². The van der Waals surface area contributed by atoms with Crippen LogP contribution in [-0.2, 0) is 17.6 Å². The molecule has 1 amide bonds. The van der Waals surface area contributed by atoms with E-state index in [1.807, 2.05) is 26.8 Å². The number of nitrogens with one attached hydrogen (secondary N) is 1. The van der Waals surface area contributed by atoms with E-state index in [1.54, 1.807) is 0 Å². The molecule has 3 atom stereocenters. The van der Waals surface area contributed by atoms with Gasteiger partial charge in [0.2, 0.25) is 0 Å². The number of carbonyl (C=O) groups excluding carboxylic acids is 1. The molecule has 1 saturated carbocycles. The van der Waals surface area contributed by atoms with Crippen molar-refractivity contribution in [1.82, 2.24) is 5.32 Å². The van der Waals surface area contributed by atoms with Gasteiger partial charge in [0.05, 0.1) is 6.61 Å². The van der Waals surface area contributed by atoms with Crippen molar-refractivity contribution in [3.63, 3.8) is 0 Å². The summed E-state index contributed by atoms with van der Waals surface area (Å²) >= 11 is 0. The largest absolute Gasteiger partial charge is 0.491 e. The van der Waals surface area contributed by atoms with Crippen molar-refractivity contribution in [2.45, 2.75) is 58.1 Å². The summed E-state index contributed by atoms with van der Waals surface area (Å²) in [4.78, 5) is 12.2. The van der Waals surface area contributed by atoms with Crippen molar-refractivity contribution in [2.24, 2.45) is 11.8 Å². The van der Waals surface area contributed by atoms with Crippen molar-refractivity contribution < 1.29 is 19.4 Å². The molecule has 0 spiro atoms. The van der Waals surface area contributed by atoms with E-state index >= 15 is 0 Å². The zero-order chi connectivity index (χ0) is 18.0.